The summed E-state index contributed by atoms with van der Waals surface area (Å²) in [5, 5.41) is 9.07. The van der Waals surface area contributed by atoms with Crippen molar-refractivity contribution in [1.82, 2.24) is 9.55 Å². The van der Waals surface area contributed by atoms with Crippen LogP contribution in [0.1, 0.15) is 33.0 Å². The number of aromatic nitrogens is 2. The summed E-state index contributed by atoms with van der Waals surface area (Å²) in [5.74, 6) is 0.875. The van der Waals surface area contributed by atoms with Crippen LogP contribution in [0.15, 0.2) is 12.4 Å². The molecule has 0 saturated heterocycles. The fourth-order valence-electron chi connectivity index (χ4n) is 1.33. The molecule has 1 atom stereocenters. The Hall–Kier alpha value is -1.30. The smallest absolute Gasteiger partial charge is 0.128 e. The van der Waals surface area contributed by atoms with Crippen LogP contribution in [0, 0.1) is 11.3 Å². The molecule has 0 aliphatic heterocycles. The molecule has 1 heterocycles. The lowest BCUT2D eigenvalue weighted by atomic mass is 9.88. The molecule has 0 spiro atoms. The minimum Gasteiger partial charge on any atom is -0.334 e. The lowest BCUT2D eigenvalue weighted by Gasteiger charge is -2.19. The predicted molar refractivity (Wildman–Crippen MR) is 51.2 cm³/mol. The Morgan fingerprint density at radius 2 is 2.31 bits per heavy atom. The Bertz CT molecular complexity index is 321. The van der Waals surface area contributed by atoms with Gasteiger partial charge in [0.15, 0.2) is 0 Å². The molecule has 13 heavy (non-hydrogen) atoms. The van der Waals surface area contributed by atoms with Crippen molar-refractivity contribution in [3.8, 4) is 6.07 Å². The summed E-state index contributed by atoms with van der Waals surface area (Å²) in [4.78, 5) is 4.24. The molecule has 3 nitrogen and oxygen atoms in total. The van der Waals surface area contributed by atoms with Gasteiger partial charge in [-0.15, -0.1) is 0 Å². The zero-order valence-electron chi connectivity index (χ0n) is 8.41. The molecule has 0 N–H and O–H groups in total. The van der Waals surface area contributed by atoms with Crippen LogP contribution in [0.2, 0.25) is 0 Å². The van der Waals surface area contributed by atoms with Gasteiger partial charge >= 0.3 is 0 Å². The fraction of sp³-hybridized carbons (Fsp3) is 0.600. The van der Waals surface area contributed by atoms with Gasteiger partial charge in [-0.05, 0) is 20.3 Å². The van der Waals surface area contributed by atoms with E-state index in [0.29, 0.717) is 0 Å². The standard InChI is InChI=1S/C10H15N3/c1-4-10(3,8-11)9-12-6-7-13(9)5-2/h6-7H,4-5H2,1-3H3. The topological polar surface area (TPSA) is 41.6 Å². The van der Waals surface area contributed by atoms with E-state index in [0.717, 1.165) is 18.8 Å². The van der Waals surface area contributed by atoms with Gasteiger partial charge in [-0.25, -0.2) is 4.98 Å². The lowest BCUT2D eigenvalue weighted by Crippen LogP contribution is -2.23. The van der Waals surface area contributed by atoms with E-state index >= 15 is 0 Å². The molecule has 0 amide bonds. The largest absolute Gasteiger partial charge is 0.334 e. The van der Waals surface area contributed by atoms with Gasteiger partial charge in [0.2, 0.25) is 0 Å². The summed E-state index contributed by atoms with van der Waals surface area (Å²) >= 11 is 0. The molecule has 1 aromatic rings. The van der Waals surface area contributed by atoms with E-state index in [1.165, 1.54) is 0 Å². The molecule has 70 valence electrons. The van der Waals surface area contributed by atoms with Crippen molar-refractivity contribution in [2.24, 2.45) is 0 Å². The van der Waals surface area contributed by atoms with Crippen LogP contribution in [0.25, 0.3) is 0 Å². The highest BCUT2D eigenvalue weighted by Gasteiger charge is 2.28. The molecule has 1 rings (SSSR count). The van der Waals surface area contributed by atoms with Crippen molar-refractivity contribution in [3.63, 3.8) is 0 Å². The van der Waals surface area contributed by atoms with Gasteiger partial charge in [0.25, 0.3) is 0 Å². The molecule has 0 saturated carbocycles. The first kappa shape index (κ1) is 9.79. The van der Waals surface area contributed by atoms with Crippen molar-refractivity contribution in [3.05, 3.63) is 18.2 Å². The second-order valence-corrected chi connectivity index (χ2v) is 3.33. The van der Waals surface area contributed by atoms with Crippen LogP contribution in [0.3, 0.4) is 0 Å². The molecule has 1 aromatic heterocycles. The van der Waals surface area contributed by atoms with Crippen LogP contribution in [-0.2, 0) is 12.0 Å². The van der Waals surface area contributed by atoms with Crippen molar-refractivity contribution >= 4 is 0 Å². The molecule has 0 radical (unpaired) electrons. The summed E-state index contributed by atoms with van der Waals surface area (Å²) in [6, 6.07) is 2.32. The highest BCUT2D eigenvalue weighted by molar-refractivity contribution is 5.19. The van der Waals surface area contributed by atoms with E-state index in [-0.39, 0.29) is 0 Å². The van der Waals surface area contributed by atoms with Crippen LogP contribution in [0.4, 0.5) is 0 Å². The van der Waals surface area contributed by atoms with Gasteiger partial charge in [0.05, 0.1) is 6.07 Å². The molecule has 0 aromatic carbocycles. The summed E-state index contributed by atoms with van der Waals surface area (Å²) < 4.78 is 2.02. The number of nitrogens with zero attached hydrogens (tertiary/aromatic N) is 3. The number of nitriles is 1. The first-order valence-corrected chi connectivity index (χ1v) is 4.60. The van der Waals surface area contributed by atoms with Gasteiger partial charge in [-0.3, -0.25) is 0 Å². The average Bonchev–Trinajstić information content (AvgIpc) is 2.65. The van der Waals surface area contributed by atoms with Crippen LogP contribution >= 0.6 is 0 Å². The quantitative estimate of drug-likeness (QED) is 0.709. The SMILES string of the molecule is CCn1ccnc1C(C)(C#N)CC. The van der Waals surface area contributed by atoms with Crippen LogP contribution in [-0.4, -0.2) is 9.55 Å². The summed E-state index contributed by atoms with van der Waals surface area (Å²) in [5.41, 5.74) is -0.445. The first-order valence-electron chi connectivity index (χ1n) is 4.60. The predicted octanol–water partition coefficient (Wildman–Crippen LogP) is 2.09. The van der Waals surface area contributed by atoms with Crippen LogP contribution in [0.5, 0.6) is 0 Å². The third-order valence-corrected chi connectivity index (χ3v) is 2.50. The molecule has 1 unspecified atom stereocenters. The van der Waals surface area contributed by atoms with E-state index in [1.807, 2.05) is 24.6 Å². The number of aryl methyl sites for hydroxylation is 1. The average molecular weight is 177 g/mol. The molecular formula is C10H15N3. The summed E-state index contributed by atoms with van der Waals surface area (Å²) in [7, 11) is 0. The van der Waals surface area contributed by atoms with Crippen LogP contribution < -0.4 is 0 Å². The highest BCUT2D eigenvalue weighted by Crippen LogP contribution is 2.24. The molecule has 0 bridgehead atoms. The monoisotopic (exact) mass is 177 g/mol. The third-order valence-electron chi connectivity index (χ3n) is 2.50. The highest BCUT2D eigenvalue weighted by atomic mass is 15.1. The van der Waals surface area contributed by atoms with E-state index < -0.39 is 5.41 Å². The zero-order chi connectivity index (χ0) is 9.90. The number of imidazole rings is 1. The van der Waals surface area contributed by atoms with Gasteiger partial charge in [0, 0.05) is 18.9 Å². The number of hydrogen-bond acceptors (Lipinski definition) is 2. The van der Waals surface area contributed by atoms with Crippen molar-refractivity contribution in [1.29, 1.82) is 5.26 Å². The van der Waals surface area contributed by atoms with Crippen molar-refractivity contribution in [2.45, 2.75) is 39.2 Å². The van der Waals surface area contributed by atoms with E-state index in [2.05, 4.69) is 18.0 Å². The Balaban J connectivity index is 3.13. The lowest BCUT2D eigenvalue weighted by molar-refractivity contribution is 0.510. The first-order chi connectivity index (χ1) is 6.18. The third kappa shape index (κ3) is 1.57. The molecule has 0 aliphatic rings. The summed E-state index contributed by atoms with van der Waals surface area (Å²) in [6.45, 7) is 6.87. The maximum atomic E-state index is 9.07. The normalized spacial score (nSPS) is 14.9. The molecule has 0 fully saturated rings. The maximum Gasteiger partial charge on any atom is 0.128 e. The fourth-order valence-corrected chi connectivity index (χ4v) is 1.33. The maximum absolute atomic E-state index is 9.07. The zero-order valence-corrected chi connectivity index (χ0v) is 8.41. The Labute approximate surface area is 79.0 Å². The van der Waals surface area contributed by atoms with Gasteiger partial charge in [-0.2, -0.15) is 5.26 Å². The Morgan fingerprint density at radius 1 is 1.62 bits per heavy atom. The minimum atomic E-state index is -0.445. The second kappa shape index (κ2) is 3.61. The van der Waals surface area contributed by atoms with E-state index in [1.54, 1.807) is 6.20 Å². The second-order valence-electron chi connectivity index (χ2n) is 3.33. The number of rotatable bonds is 3. The Morgan fingerprint density at radius 3 is 2.77 bits per heavy atom. The van der Waals surface area contributed by atoms with Gasteiger partial charge < -0.3 is 4.57 Å². The Kier molecular flexibility index (Phi) is 2.72. The van der Waals surface area contributed by atoms with E-state index in [4.69, 9.17) is 5.26 Å². The molecule has 0 aliphatic carbocycles. The molecular weight excluding hydrogens is 162 g/mol. The van der Waals surface area contributed by atoms with Crippen molar-refractivity contribution < 1.29 is 0 Å². The van der Waals surface area contributed by atoms with E-state index in [9.17, 15) is 0 Å². The minimum absolute atomic E-state index is 0.445. The number of hydrogen-bond donors (Lipinski definition) is 0. The van der Waals surface area contributed by atoms with Crippen molar-refractivity contribution in [2.75, 3.05) is 0 Å². The van der Waals surface area contributed by atoms with Gasteiger partial charge in [-0.1, -0.05) is 6.92 Å². The molecule has 3 heteroatoms. The summed E-state index contributed by atoms with van der Waals surface area (Å²) in [6.07, 6.45) is 4.46. The van der Waals surface area contributed by atoms with Gasteiger partial charge in [0.1, 0.15) is 11.2 Å².